The molecule has 1 aliphatic rings. The van der Waals surface area contributed by atoms with E-state index in [0.29, 0.717) is 18.3 Å². The van der Waals surface area contributed by atoms with Crippen LogP contribution >= 0.6 is 0 Å². The van der Waals surface area contributed by atoms with Crippen molar-refractivity contribution in [3.8, 4) is 11.5 Å². The fourth-order valence-electron chi connectivity index (χ4n) is 2.18. The number of benzene rings is 1. The van der Waals surface area contributed by atoms with Crippen molar-refractivity contribution in [2.45, 2.75) is 18.9 Å². The van der Waals surface area contributed by atoms with Crippen LogP contribution in [0.3, 0.4) is 0 Å². The van der Waals surface area contributed by atoms with Crippen LogP contribution in [0.5, 0.6) is 11.5 Å². The topological polar surface area (TPSA) is 47.7 Å². The highest BCUT2D eigenvalue weighted by Crippen LogP contribution is 2.29. The first-order valence-electron chi connectivity index (χ1n) is 5.97. The predicted molar refractivity (Wildman–Crippen MR) is 68.6 cm³/mol. The molecule has 4 nitrogen and oxygen atoms in total. The molecule has 1 aromatic rings. The number of anilines is 1. The van der Waals surface area contributed by atoms with Crippen molar-refractivity contribution in [2.24, 2.45) is 0 Å². The average molecular weight is 236 g/mol. The van der Waals surface area contributed by atoms with Gasteiger partial charge in [-0.3, -0.25) is 0 Å². The van der Waals surface area contributed by atoms with Gasteiger partial charge in [0.15, 0.2) is 11.5 Å². The standard InChI is InChI=1S/C13H20N2O2/c1-15-7-3-4-11(15)9-17-13-8-10(14)5-6-12(13)16-2/h5-6,8,11H,3-4,7,9,14H2,1-2H3/t11-/m0/s1. The summed E-state index contributed by atoms with van der Waals surface area (Å²) >= 11 is 0. The molecule has 0 aromatic heterocycles. The van der Waals surface area contributed by atoms with Gasteiger partial charge in [0.25, 0.3) is 0 Å². The summed E-state index contributed by atoms with van der Waals surface area (Å²) in [4.78, 5) is 2.33. The minimum absolute atomic E-state index is 0.501. The molecule has 0 aliphatic carbocycles. The van der Waals surface area contributed by atoms with Crippen molar-refractivity contribution in [2.75, 3.05) is 33.0 Å². The summed E-state index contributed by atoms with van der Waals surface area (Å²) in [5.41, 5.74) is 6.44. The molecule has 1 aliphatic heterocycles. The number of hydrogen-bond donors (Lipinski definition) is 1. The Morgan fingerprint density at radius 2 is 2.24 bits per heavy atom. The van der Waals surface area contributed by atoms with E-state index in [-0.39, 0.29) is 0 Å². The van der Waals surface area contributed by atoms with Crippen molar-refractivity contribution >= 4 is 5.69 Å². The van der Waals surface area contributed by atoms with Gasteiger partial charge >= 0.3 is 0 Å². The molecule has 0 bridgehead atoms. The molecular formula is C13H20N2O2. The largest absolute Gasteiger partial charge is 0.493 e. The van der Waals surface area contributed by atoms with Crippen molar-refractivity contribution < 1.29 is 9.47 Å². The molecule has 0 radical (unpaired) electrons. The smallest absolute Gasteiger partial charge is 0.163 e. The summed E-state index contributed by atoms with van der Waals surface area (Å²) in [6, 6.07) is 5.96. The van der Waals surface area contributed by atoms with E-state index in [9.17, 15) is 0 Å². The molecule has 17 heavy (non-hydrogen) atoms. The van der Waals surface area contributed by atoms with E-state index in [1.807, 2.05) is 18.2 Å². The van der Waals surface area contributed by atoms with Crippen LogP contribution in [0.25, 0.3) is 0 Å². The second kappa shape index (κ2) is 5.27. The summed E-state index contributed by atoms with van der Waals surface area (Å²) in [5.74, 6) is 1.47. The van der Waals surface area contributed by atoms with Gasteiger partial charge in [-0.15, -0.1) is 0 Å². The molecule has 4 heteroatoms. The number of likely N-dealkylation sites (tertiary alicyclic amines) is 1. The monoisotopic (exact) mass is 236 g/mol. The number of nitrogens with zero attached hydrogens (tertiary/aromatic N) is 1. The maximum atomic E-state index is 5.82. The fourth-order valence-corrected chi connectivity index (χ4v) is 2.18. The van der Waals surface area contributed by atoms with Crippen LogP contribution in [0.15, 0.2) is 18.2 Å². The molecule has 0 unspecified atom stereocenters. The third kappa shape index (κ3) is 2.82. The highest BCUT2D eigenvalue weighted by atomic mass is 16.5. The molecule has 1 saturated heterocycles. The van der Waals surface area contributed by atoms with Crippen molar-refractivity contribution in [3.63, 3.8) is 0 Å². The van der Waals surface area contributed by atoms with Gasteiger partial charge < -0.3 is 20.1 Å². The second-order valence-electron chi connectivity index (χ2n) is 4.50. The molecule has 0 amide bonds. The lowest BCUT2D eigenvalue weighted by molar-refractivity contribution is 0.193. The third-order valence-electron chi connectivity index (χ3n) is 3.29. The van der Waals surface area contributed by atoms with Crippen molar-refractivity contribution in [3.05, 3.63) is 18.2 Å². The van der Waals surface area contributed by atoms with Gasteiger partial charge in [0.05, 0.1) is 7.11 Å². The summed E-state index contributed by atoms with van der Waals surface area (Å²) in [7, 11) is 3.78. The van der Waals surface area contributed by atoms with Crippen LogP contribution in [0.2, 0.25) is 0 Å². The van der Waals surface area contributed by atoms with Gasteiger partial charge in [-0.05, 0) is 38.6 Å². The first kappa shape index (κ1) is 12.0. The molecule has 1 atom stereocenters. The normalized spacial score (nSPS) is 20.5. The lowest BCUT2D eigenvalue weighted by Gasteiger charge is -2.20. The van der Waals surface area contributed by atoms with E-state index in [0.717, 1.165) is 18.0 Å². The van der Waals surface area contributed by atoms with Crippen LogP contribution < -0.4 is 15.2 Å². The van der Waals surface area contributed by atoms with E-state index < -0.39 is 0 Å². The highest BCUT2D eigenvalue weighted by molar-refractivity contribution is 5.51. The zero-order chi connectivity index (χ0) is 12.3. The van der Waals surface area contributed by atoms with E-state index in [2.05, 4.69) is 11.9 Å². The Kier molecular flexibility index (Phi) is 3.74. The molecule has 94 valence electrons. The number of likely N-dealkylation sites (N-methyl/N-ethyl adjacent to an activating group) is 1. The van der Waals surface area contributed by atoms with Gasteiger partial charge in [-0.1, -0.05) is 0 Å². The zero-order valence-corrected chi connectivity index (χ0v) is 10.5. The van der Waals surface area contributed by atoms with Crippen LogP contribution in [0.1, 0.15) is 12.8 Å². The van der Waals surface area contributed by atoms with E-state index in [1.165, 1.54) is 12.8 Å². The van der Waals surface area contributed by atoms with Crippen molar-refractivity contribution in [1.29, 1.82) is 0 Å². The number of methoxy groups -OCH3 is 1. The van der Waals surface area contributed by atoms with Gasteiger partial charge in [0.1, 0.15) is 6.61 Å². The number of ether oxygens (including phenoxy) is 2. The Bertz CT molecular complexity index is 382. The SMILES string of the molecule is COc1ccc(N)cc1OC[C@@H]1CCCN1C. The Balaban J connectivity index is 2.00. The second-order valence-corrected chi connectivity index (χ2v) is 4.50. The number of hydrogen-bond acceptors (Lipinski definition) is 4. The maximum Gasteiger partial charge on any atom is 0.163 e. The van der Waals surface area contributed by atoms with Gasteiger partial charge in [-0.25, -0.2) is 0 Å². The average Bonchev–Trinajstić information content (AvgIpc) is 2.72. The van der Waals surface area contributed by atoms with Crippen molar-refractivity contribution in [1.82, 2.24) is 4.90 Å². The first-order chi connectivity index (χ1) is 8.20. The summed E-state index contributed by atoms with van der Waals surface area (Å²) < 4.78 is 11.1. The molecule has 1 fully saturated rings. The van der Waals surface area contributed by atoms with Crippen LogP contribution in [0.4, 0.5) is 5.69 Å². The molecule has 0 spiro atoms. The molecule has 0 saturated carbocycles. The number of nitrogen functional groups attached to an aromatic ring is 1. The predicted octanol–water partition coefficient (Wildman–Crippen LogP) is 1.75. The Morgan fingerprint density at radius 3 is 2.88 bits per heavy atom. The zero-order valence-electron chi connectivity index (χ0n) is 10.5. The van der Waals surface area contributed by atoms with E-state index in [1.54, 1.807) is 7.11 Å². The Labute approximate surface area is 102 Å². The lowest BCUT2D eigenvalue weighted by Crippen LogP contribution is -2.30. The first-order valence-corrected chi connectivity index (χ1v) is 5.97. The summed E-state index contributed by atoms with van der Waals surface area (Å²) in [6.07, 6.45) is 2.44. The van der Waals surface area contributed by atoms with Crippen LogP contribution in [-0.2, 0) is 0 Å². The van der Waals surface area contributed by atoms with Crippen LogP contribution in [-0.4, -0.2) is 38.3 Å². The Hall–Kier alpha value is -1.42. The minimum Gasteiger partial charge on any atom is -0.493 e. The minimum atomic E-state index is 0.501. The van der Waals surface area contributed by atoms with Gasteiger partial charge in [0.2, 0.25) is 0 Å². The Morgan fingerprint density at radius 1 is 1.41 bits per heavy atom. The molecule has 2 rings (SSSR count). The summed E-state index contributed by atoms with van der Waals surface area (Å²) in [6.45, 7) is 1.85. The van der Waals surface area contributed by atoms with E-state index in [4.69, 9.17) is 15.2 Å². The third-order valence-corrected chi connectivity index (χ3v) is 3.29. The molecule has 2 N–H and O–H groups in total. The van der Waals surface area contributed by atoms with Crippen LogP contribution in [0, 0.1) is 0 Å². The lowest BCUT2D eigenvalue weighted by atomic mass is 10.2. The molecule has 1 aromatic carbocycles. The highest BCUT2D eigenvalue weighted by Gasteiger charge is 2.21. The molecule has 1 heterocycles. The molecular weight excluding hydrogens is 216 g/mol. The fraction of sp³-hybridized carbons (Fsp3) is 0.538. The van der Waals surface area contributed by atoms with Gasteiger partial charge in [-0.2, -0.15) is 0 Å². The number of nitrogens with two attached hydrogens (primary N) is 1. The quantitative estimate of drug-likeness (QED) is 0.809. The van der Waals surface area contributed by atoms with Gasteiger partial charge in [0, 0.05) is 17.8 Å². The van der Waals surface area contributed by atoms with E-state index >= 15 is 0 Å². The number of rotatable bonds is 4. The summed E-state index contributed by atoms with van der Waals surface area (Å²) in [5, 5.41) is 0. The maximum absolute atomic E-state index is 5.82.